The van der Waals surface area contributed by atoms with Crippen molar-refractivity contribution in [3.63, 3.8) is 0 Å². The fraction of sp³-hybridized carbons (Fsp3) is 0.222. The Morgan fingerprint density at radius 1 is 1.33 bits per heavy atom. The van der Waals surface area contributed by atoms with Crippen LogP contribution in [-0.2, 0) is 0 Å². The van der Waals surface area contributed by atoms with Crippen LogP contribution in [0.1, 0.15) is 11.4 Å². The number of fused-ring (bicyclic) bond motifs is 1. The van der Waals surface area contributed by atoms with Crippen molar-refractivity contribution in [3.8, 4) is 0 Å². The zero-order chi connectivity index (χ0) is 8.72. The van der Waals surface area contributed by atoms with Gasteiger partial charge < -0.3 is 4.40 Å². The van der Waals surface area contributed by atoms with Crippen LogP contribution >= 0.6 is 15.9 Å². The fourth-order valence-corrected chi connectivity index (χ4v) is 1.84. The maximum atomic E-state index is 4.31. The average molecular weight is 225 g/mol. The van der Waals surface area contributed by atoms with Gasteiger partial charge in [-0.05, 0) is 41.9 Å². The lowest BCUT2D eigenvalue weighted by molar-refractivity contribution is 1.03. The number of hydrogen-bond acceptors (Lipinski definition) is 1. The van der Waals surface area contributed by atoms with Gasteiger partial charge >= 0.3 is 0 Å². The maximum absolute atomic E-state index is 4.31. The van der Waals surface area contributed by atoms with Crippen molar-refractivity contribution in [2.24, 2.45) is 0 Å². The standard InChI is InChI=1S/C9H9BrN2/c1-6-3-4-8-7(2)11-9(10)5-12(6)8/h3-5H,1-2H3. The summed E-state index contributed by atoms with van der Waals surface area (Å²) in [6.45, 7) is 4.10. The molecule has 0 aliphatic carbocycles. The predicted octanol–water partition coefficient (Wildman–Crippen LogP) is 2.71. The summed E-state index contributed by atoms with van der Waals surface area (Å²) in [7, 11) is 0. The summed E-state index contributed by atoms with van der Waals surface area (Å²) < 4.78 is 3.01. The molecule has 62 valence electrons. The molecule has 2 aromatic rings. The molecule has 0 aliphatic heterocycles. The molecule has 0 atom stereocenters. The minimum atomic E-state index is 0.881. The van der Waals surface area contributed by atoms with Gasteiger partial charge in [0.1, 0.15) is 4.60 Å². The number of aryl methyl sites for hydroxylation is 2. The highest BCUT2D eigenvalue weighted by molar-refractivity contribution is 9.10. The number of rotatable bonds is 0. The Morgan fingerprint density at radius 2 is 2.08 bits per heavy atom. The van der Waals surface area contributed by atoms with Gasteiger partial charge in [-0.1, -0.05) is 0 Å². The average Bonchev–Trinajstić information content (AvgIpc) is 2.33. The van der Waals surface area contributed by atoms with E-state index in [0.717, 1.165) is 10.3 Å². The van der Waals surface area contributed by atoms with E-state index in [1.807, 2.05) is 13.1 Å². The van der Waals surface area contributed by atoms with Crippen molar-refractivity contribution in [1.82, 2.24) is 9.38 Å². The first-order valence-corrected chi connectivity index (χ1v) is 4.58. The summed E-state index contributed by atoms with van der Waals surface area (Å²) in [5.41, 5.74) is 3.46. The first-order chi connectivity index (χ1) is 5.68. The molecule has 0 saturated heterocycles. The van der Waals surface area contributed by atoms with Crippen LogP contribution in [0.2, 0.25) is 0 Å². The number of nitrogens with zero attached hydrogens (tertiary/aromatic N) is 2. The molecular weight excluding hydrogens is 216 g/mol. The Labute approximate surface area is 79.4 Å². The van der Waals surface area contributed by atoms with Crippen LogP contribution in [0.15, 0.2) is 22.9 Å². The van der Waals surface area contributed by atoms with E-state index in [4.69, 9.17) is 0 Å². The number of aromatic nitrogens is 2. The Hall–Kier alpha value is -0.830. The third-order valence-corrected chi connectivity index (χ3v) is 2.38. The van der Waals surface area contributed by atoms with E-state index < -0.39 is 0 Å². The topological polar surface area (TPSA) is 17.3 Å². The second-order valence-corrected chi connectivity index (χ2v) is 3.69. The first-order valence-electron chi connectivity index (χ1n) is 3.79. The van der Waals surface area contributed by atoms with Crippen molar-refractivity contribution in [1.29, 1.82) is 0 Å². The molecule has 0 amide bonds. The van der Waals surface area contributed by atoms with Crippen LogP contribution in [0.4, 0.5) is 0 Å². The molecule has 0 aromatic carbocycles. The smallest absolute Gasteiger partial charge is 0.123 e. The lowest BCUT2D eigenvalue weighted by Crippen LogP contribution is -1.92. The highest BCUT2D eigenvalue weighted by Crippen LogP contribution is 2.15. The van der Waals surface area contributed by atoms with Gasteiger partial charge in [0, 0.05) is 11.9 Å². The monoisotopic (exact) mass is 224 g/mol. The largest absolute Gasteiger partial charge is 0.317 e. The van der Waals surface area contributed by atoms with Crippen molar-refractivity contribution < 1.29 is 0 Å². The van der Waals surface area contributed by atoms with Gasteiger partial charge in [-0.25, -0.2) is 4.98 Å². The Balaban J connectivity index is 2.92. The minimum absolute atomic E-state index is 0.881. The number of halogens is 1. The van der Waals surface area contributed by atoms with E-state index >= 15 is 0 Å². The van der Waals surface area contributed by atoms with E-state index in [1.54, 1.807) is 0 Å². The molecule has 0 fully saturated rings. The van der Waals surface area contributed by atoms with Gasteiger partial charge in [0.15, 0.2) is 0 Å². The van der Waals surface area contributed by atoms with Crippen molar-refractivity contribution in [3.05, 3.63) is 34.3 Å². The molecule has 3 heteroatoms. The van der Waals surface area contributed by atoms with Gasteiger partial charge in [0.25, 0.3) is 0 Å². The zero-order valence-corrected chi connectivity index (χ0v) is 8.59. The third-order valence-electron chi connectivity index (χ3n) is 2.00. The Morgan fingerprint density at radius 3 is 2.83 bits per heavy atom. The molecule has 2 heterocycles. The van der Waals surface area contributed by atoms with E-state index in [0.29, 0.717) is 0 Å². The summed E-state index contributed by atoms with van der Waals surface area (Å²) in [5.74, 6) is 0. The van der Waals surface area contributed by atoms with Gasteiger partial charge in [0.2, 0.25) is 0 Å². The van der Waals surface area contributed by atoms with E-state index in [2.05, 4.69) is 44.4 Å². The van der Waals surface area contributed by atoms with Gasteiger partial charge in [0.05, 0.1) is 11.2 Å². The molecule has 0 N–H and O–H groups in total. The third kappa shape index (κ3) is 1.05. The molecule has 2 aromatic heterocycles. The number of hydrogen-bond donors (Lipinski definition) is 0. The van der Waals surface area contributed by atoms with E-state index in [-0.39, 0.29) is 0 Å². The summed E-state index contributed by atoms with van der Waals surface area (Å²) in [4.78, 5) is 4.31. The highest BCUT2D eigenvalue weighted by atomic mass is 79.9. The van der Waals surface area contributed by atoms with Crippen LogP contribution in [-0.4, -0.2) is 9.38 Å². The molecule has 0 unspecified atom stereocenters. The molecule has 0 saturated carbocycles. The highest BCUT2D eigenvalue weighted by Gasteiger charge is 2.01. The first kappa shape index (κ1) is 7.80. The van der Waals surface area contributed by atoms with Gasteiger partial charge in [-0.15, -0.1) is 0 Å². The van der Waals surface area contributed by atoms with E-state index in [1.165, 1.54) is 11.2 Å². The quantitative estimate of drug-likeness (QED) is 0.673. The summed E-state index contributed by atoms with van der Waals surface area (Å²) in [6, 6.07) is 4.18. The normalized spacial score (nSPS) is 10.9. The Bertz CT molecular complexity index is 431. The molecule has 0 bridgehead atoms. The van der Waals surface area contributed by atoms with Crippen molar-refractivity contribution in [2.75, 3.05) is 0 Å². The second-order valence-electron chi connectivity index (χ2n) is 2.88. The molecule has 0 radical (unpaired) electrons. The van der Waals surface area contributed by atoms with Crippen LogP contribution < -0.4 is 0 Å². The summed E-state index contributed by atoms with van der Waals surface area (Å²) >= 11 is 3.37. The Kier molecular flexibility index (Phi) is 1.68. The lowest BCUT2D eigenvalue weighted by Gasteiger charge is -2.01. The summed E-state index contributed by atoms with van der Waals surface area (Å²) in [5, 5.41) is 0. The van der Waals surface area contributed by atoms with Crippen LogP contribution in [0, 0.1) is 13.8 Å². The lowest BCUT2D eigenvalue weighted by atomic mass is 10.4. The fourth-order valence-electron chi connectivity index (χ4n) is 1.37. The van der Waals surface area contributed by atoms with E-state index in [9.17, 15) is 0 Å². The van der Waals surface area contributed by atoms with Crippen molar-refractivity contribution in [2.45, 2.75) is 13.8 Å². The summed E-state index contributed by atoms with van der Waals surface area (Å²) in [6.07, 6.45) is 1.98. The van der Waals surface area contributed by atoms with Gasteiger partial charge in [-0.3, -0.25) is 0 Å². The molecule has 12 heavy (non-hydrogen) atoms. The van der Waals surface area contributed by atoms with Crippen LogP contribution in [0.3, 0.4) is 0 Å². The second kappa shape index (κ2) is 2.59. The van der Waals surface area contributed by atoms with Crippen molar-refractivity contribution >= 4 is 21.4 Å². The molecule has 2 nitrogen and oxygen atoms in total. The molecule has 2 rings (SSSR count). The zero-order valence-electron chi connectivity index (χ0n) is 7.00. The van der Waals surface area contributed by atoms with Crippen LogP contribution in [0.25, 0.3) is 5.52 Å². The maximum Gasteiger partial charge on any atom is 0.123 e. The minimum Gasteiger partial charge on any atom is -0.317 e. The predicted molar refractivity (Wildman–Crippen MR) is 52.4 cm³/mol. The van der Waals surface area contributed by atoms with Gasteiger partial charge in [-0.2, -0.15) is 0 Å². The SMILES string of the molecule is Cc1nc(Br)cn2c(C)ccc12. The molecule has 0 spiro atoms. The molecule has 0 aliphatic rings. The van der Waals surface area contributed by atoms with Crippen LogP contribution in [0.5, 0.6) is 0 Å². The molecular formula is C9H9BrN2.